The third-order valence-corrected chi connectivity index (χ3v) is 6.38. The van der Waals surface area contributed by atoms with E-state index in [1.807, 2.05) is 25.1 Å². The van der Waals surface area contributed by atoms with Crippen LogP contribution in [-0.2, 0) is 0 Å². The van der Waals surface area contributed by atoms with E-state index in [1.54, 1.807) is 12.1 Å². The Morgan fingerprint density at radius 2 is 0.857 bits per heavy atom. The summed E-state index contributed by atoms with van der Waals surface area (Å²) in [5.41, 5.74) is 5.20. The molecule has 0 spiro atoms. The van der Waals surface area contributed by atoms with Crippen LogP contribution in [0.3, 0.4) is 0 Å². The third-order valence-electron chi connectivity index (χ3n) is 6.38. The van der Waals surface area contributed by atoms with Gasteiger partial charge in [-0.25, -0.2) is 0 Å². The molecule has 6 aromatic rings. The minimum atomic E-state index is 0.339. The number of phenolic OH excluding ortho intramolecular Hbond substituents is 1. The molecule has 0 heterocycles. The van der Waals surface area contributed by atoms with E-state index in [2.05, 4.69) is 106 Å². The van der Waals surface area contributed by atoms with Crippen LogP contribution in [0.1, 0.15) is 22.3 Å². The lowest BCUT2D eigenvalue weighted by Gasteiger charge is -2.04. The number of hydrogen-bond acceptors (Lipinski definition) is 1. The zero-order valence-corrected chi connectivity index (χ0v) is 20.9. The van der Waals surface area contributed by atoms with Crippen molar-refractivity contribution in [3.8, 4) is 5.75 Å². The summed E-state index contributed by atoms with van der Waals surface area (Å²) in [6.45, 7) is 8.47. The highest BCUT2D eigenvalue weighted by Gasteiger charge is 1.98. The Hall–Kier alpha value is -4.10. The molecule has 0 saturated heterocycles. The van der Waals surface area contributed by atoms with Gasteiger partial charge in [0, 0.05) is 0 Å². The van der Waals surface area contributed by atoms with Crippen LogP contribution in [-0.4, -0.2) is 5.11 Å². The van der Waals surface area contributed by atoms with Crippen molar-refractivity contribution in [2.75, 3.05) is 0 Å². The van der Waals surface area contributed by atoms with Crippen LogP contribution in [0.25, 0.3) is 32.3 Å². The van der Waals surface area contributed by atoms with Crippen LogP contribution in [0.2, 0.25) is 0 Å². The summed E-state index contributed by atoms with van der Waals surface area (Å²) in [6.07, 6.45) is 0. The maximum absolute atomic E-state index is 9.31. The normalized spacial score (nSPS) is 10.4. The van der Waals surface area contributed by atoms with Gasteiger partial charge in [-0.1, -0.05) is 103 Å². The average molecular weight is 457 g/mol. The maximum atomic E-state index is 9.31. The minimum Gasteiger partial charge on any atom is -0.508 e. The molecule has 1 N–H and O–H groups in total. The number of phenols is 1. The van der Waals surface area contributed by atoms with Crippen molar-refractivity contribution in [3.63, 3.8) is 0 Å². The molecule has 0 aliphatic rings. The summed E-state index contributed by atoms with van der Waals surface area (Å²) in [5.74, 6) is 0.339. The van der Waals surface area contributed by atoms with E-state index in [0.717, 1.165) is 10.9 Å². The van der Waals surface area contributed by atoms with Crippen molar-refractivity contribution in [3.05, 3.63) is 138 Å². The Bertz CT molecular complexity index is 1550. The van der Waals surface area contributed by atoms with Gasteiger partial charge in [-0.15, -0.1) is 0 Å². The second-order valence-electron chi connectivity index (χ2n) is 9.03. The van der Waals surface area contributed by atoms with Gasteiger partial charge in [0.2, 0.25) is 0 Å². The van der Waals surface area contributed by atoms with Crippen LogP contribution in [0.15, 0.2) is 115 Å². The molecule has 6 rings (SSSR count). The lowest BCUT2D eigenvalue weighted by molar-refractivity contribution is 0.476. The summed E-state index contributed by atoms with van der Waals surface area (Å²) < 4.78 is 0. The van der Waals surface area contributed by atoms with Crippen molar-refractivity contribution >= 4 is 32.3 Å². The Labute approximate surface area is 208 Å². The summed E-state index contributed by atoms with van der Waals surface area (Å²) in [5, 5.41) is 17.0. The predicted molar refractivity (Wildman–Crippen MR) is 152 cm³/mol. The van der Waals surface area contributed by atoms with Gasteiger partial charge in [0.15, 0.2) is 0 Å². The van der Waals surface area contributed by atoms with Crippen molar-refractivity contribution in [1.82, 2.24) is 0 Å². The van der Waals surface area contributed by atoms with Gasteiger partial charge < -0.3 is 5.11 Å². The Morgan fingerprint density at radius 1 is 0.400 bits per heavy atom. The summed E-state index contributed by atoms with van der Waals surface area (Å²) in [4.78, 5) is 0. The second kappa shape index (κ2) is 10.9. The molecule has 35 heavy (non-hydrogen) atoms. The molecular weight excluding hydrogens is 424 g/mol. The van der Waals surface area contributed by atoms with Gasteiger partial charge in [0.1, 0.15) is 5.75 Å². The van der Waals surface area contributed by atoms with Gasteiger partial charge in [-0.2, -0.15) is 0 Å². The molecule has 0 amide bonds. The topological polar surface area (TPSA) is 20.2 Å². The molecule has 0 fully saturated rings. The summed E-state index contributed by atoms with van der Waals surface area (Å²) >= 11 is 0. The zero-order chi connectivity index (χ0) is 24.8. The fraction of sp³-hybridized carbons (Fsp3) is 0.118. The quantitative estimate of drug-likeness (QED) is 0.241. The number of aryl methyl sites for hydroxylation is 4. The molecule has 1 nitrogen and oxygen atoms in total. The van der Waals surface area contributed by atoms with Crippen molar-refractivity contribution < 1.29 is 5.11 Å². The monoisotopic (exact) mass is 456 g/mol. The molecule has 6 aromatic carbocycles. The van der Waals surface area contributed by atoms with E-state index in [1.165, 1.54) is 43.6 Å². The molecule has 1 heteroatoms. The Kier molecular flexibility index (Phi) is 7.48. The first kappa shape index (κ1) is 24.0. The summed E-state index contributed by atoms with van der Waals surface area (Å²) in [7, 11) is 0. The second-order valence-corrected chi connectivity index (χ2v) is 9.03. The van der Waals surface area contributed by atoms with E-state index in [-0.39, 0.29) is 0 Å². The third kappa shape index (κ3) is 5.70. The average Bonchev–Trinajstić information content (AvgIpc) is 2.85. The lowest BCUT2D eigenvalue weighted by atomic mass is 10.0. The number of fused-ring (bicyclic) bond motifs is 3. The number of aromatic hydroxyl groups is 1. The molecule has 0 radical (unpaired) electrons. The first-order chi connectivity index (χ1) is 16.9. The number of benzene rings is 6. The lowest BCUT2D eigenvalue weighted by Crippen LogP contribution is -1.81. The van der Waals surface area contributed by atoms with Gasteiger partial charge >= 0.3 is 0 Å². The van der Waals surface area contributed by atoms with Gasteiger partial charge in [0.05, 0.1) is 0 Å². The predicted octanol–water partition coefficient (Wildman–Crippen LogP) is 9.46. The van der Waals surface area contributed by atoms with Crippen LogP contribution in [0, 0.1) is 27.7 Å². The number of rotatable bonds is 0. The van der Waals surface area contributed by atoms with Crippen molar-refractivity contribution in [2.45, 2.75) is 27.7 Å². The first-order valence-corrected chi connectivity index (χ1v) is 12.0. The molecule has 0 atom stereocenters. The Balaban J connectivity index is 0.000000124. The van der Waals surface area contributed by atoms with Gasteiger partial charge in [0.25, 0.3) is 0 Å². The largest absolute Gasteiger partial charge is 0.508 e. The fourth-order valence-corrected chi connectivity index (χ4v) is 4.62. The van der Waals surface area contributed by atoms with Gasteiger partial charge in [-0.05, 0) is 94.4 Å². The highest BCUT2D eigenvalue weighted by Crippen LogP contribution is 2.23. The van der Waals surface area contributed by atoms with E-state index in [9.17, 15) is 5.11 Å². The molecule has 0 aliphatic heterocycles. The van der Waals surface area contributed by atoms with E-state index < -0.39 is 0 Å². The molecule has 0 bridgehead atoms. The highest BCUT2D eigenvalue weighted by molar-refractivity contribution is 5.88. The van der Waals surface area contributed by atoms with E-state index >= 15 is 0 Å². The van der Waals surface area contributed by atoms with Crippen LogP contribution >= 0.6 is 0 Å². The molecule has 0 saturated carbocycles. The molecule has 0 aliphatic carbocycles. The maximum Gasteiger partial charge on any atom is 0.116 e. The minimum absolute atomic E-state index is 0.339. The van der Waals surface area contributed by atoms with Crippen molar-refractivity contribution in [2.24, 2.45) is 0 Å². The van der Waals surface area contributed by atoms with E-state index in [0.29, 0.717) is 5.75 Å². The van der Waals surface area contributed by atoms with Gasteiger partial charge in [-0.3, -0.25) is 0 Å². The number of hydrogen-bond donors (Lipinski definition) is 1. The SMILES string of the molecule is Cc1cc(O)cc2ccccc12.Cc1cccc2cccc(C)c12.Cc1cccc2ccccc12. The standard InChI is InChI=1S/C12H12.C11H10O.C11H10/c1-9-5-3-7-11-8-4-6-10(2)12(9)11;1-8-6-10(12)7-9-4-2-3-5-11(8)9;1-9-5-4-7-10-6-2-3-8-11(9)10/h3-8H,1-2H3;2-7,12H,1H3;2-8H,1H3. The van der Waals surface area contributed by atoms with E-state index in [4.69, 9.17) is 0 Å². The summed E-state index contributed by atoms with van der Waals surface area (Å²) in [6, 6.07) is 39.3. The highest BCUT2D eigenvalue weighted by atomic mass is 16.3. The van der Waals surface area contributed by atoms with Crippen LogP contribution in [0.5, 0.6) is 5.75 Å². The smallest absolute Gasteiger partial charge is 0.116 e. The molecular formula is C34H32O. The fourth-order valence-electron chi connectivity index (χ4n) is 4.62. The molecule has 174 valence electrons. The Morgan fingerprint density at radius 3 is 1.43 bits per heavy atom. The van der Waals surface area contributed by atoms with Crippen molar-refractivity contribution in [1.29, 1.82) is 0 Å². The molecule has 0 unspecified atom stereocenters. The van der Waals surface area contributed by atoms with Crippen LogP contribution < -0.4 is 0 Å². The van der Waals surface area contributed by atoms with Crippen LogP contribution in [0.4, 0.5) is 0 Å². The molecule has 0 aromatic heterocycles. The first-order valence-electron chi connectivity index (χ1n) is 12.0. The zero-order valence-electron chi connectivity index (χ0n) is 20.9.